The highest BCUT2D eigenvalue weighted by molar-refractivity contribution is 9.10. The van der Waals surface area contributed by atoms with Gasteiger partial charge in [0, 0.05) is 17.1 Å². The topological polar surface area (TPSA) is 66.5 Å². The van der Waals surface area contributed by atoms with E-state index in [-0.39, 0.29) is 29.9 Å². The number of rotatable bonds is 10. The number of carbonyl (C=O) groups is 1. The van der Waals surface area contributed by atoms with Crippen molar-refractivity contribution >= 4 is 31.9 Å². The van der Waals surface area contributed by atoms with Crippen molar-refractivity contribution in [3.63, 3.8) is 0 Å². The molecule has 0 aliphatic heterocycles. The van der Waals surface area contributed by atoms with Crippen molar-refractivity contribution < 1.29 is 13.2 Å². The van der Waals surface area contributed by atoms with Crippen molar-refractivity contribution in [2.75, 3.05) is 6.54 Å². The van der Waals surface area contributed by atoms with Gasteiger partial charge in [-0.05, 0) is 62.1 Å². The van der Waals surface area contributed by atoms with Gasteiger partial charge in [-0.15, -0.1) is 0 Å². The van der Waals surface area contributed by atoms with Crippen molar-refractivity contribution in [3.05, 3.63) is 100 Å². The fourth-order valence-corrected chi connectivity index (χ4v) is 5.11. The van der Waals surface area contributed by atoms with Crippen LogP contribution in [0.1, 0.15) is 30.0 Å². The lowest BCUT2D eigenvalue weighted by Gasteiger charge is -2.23. The number of sulfonamides is 1. The summed E-state index contributed by atoms with van der Waals surface area (Å²) in [4.78, 5) is 13.0. The average molecular weight is 530 g/mol. The van der Waals surface area contributed by atoms with Crippen LogP contribution < -0.4 is 5.32 Å². The lowest BCUT2D eigenvalue weighted by atomic mass is 10.1. The average Bonchev–Trinajstić information content (AvgIpc) is 2.79. The van der Waals surface area contributed by atoms with Crippen molar-refractivity contribution in [1.82, 2.24) is 9.62 Å². The van der Waals surface area contributed by atoms with E-state index in [9.17, 15) is 13.2 Å². The molecule has 7 heteroatoms. The fraction of sp³-hybridized carbons (Fsp3) is 0.269. The molecule has 3 aromatic rings. The van der Waals surface area contributed by atoms with Crippen LogP contribution in [0.4, 0.5) is 0 Å². The first-order valence-electron chi connectivity index (χ1n) is 10.9. The Kier molecular flexibility index (Phi) is 8.83. The van der Waals surface area contributed by atoms with Crippen LogP contribution in [0, 0.1) is 6.92 Å². The molecule has 3 rings (SSSR count). The maximum atomic E-state index is 13.4. The molecular formula is C26H29BrN2O3S. The van der Waals surface area contributed by atoms with Crippen LogP contribution in [0.25, 0.3) is 0 Å². The van der Waals surface area contributed by atoms with Gasteiger partial charge < -0.3 is 5.32 Å². The van der Waals surface area contributed by atoms with E-state index < -0.39 is 10.0 Å². The number of hydrogen-bond donors (Lipinski definition) is 1. The lowest BCUT2D eigenvalue weighted by molar-refractivity contribution is -0.122. The summed E-state index contributed by atoms with van der Waals surface area (Å²) in [5, 5.41) is 2.96. The quantitative estimate of drug-likeness (QED) is 0.398. The minimum Gasteiger partial charge on any atom is -0.352 e. The summed E-state index contributed by atoms with van der Waals surface area (Å²) >= 11 is 3.34. The van der Waals surface area contributed by atoms with E-state index in [0.717, 1.165) is 28.4 Å². The van der Waals surface area contributed by atoms with Gasteiger partial charge in [0.15, 0.2) is 0 Å². The van der Waals surface area contributed by atoms with E-state index >= 15 is 0 Å². The standard InChI is InChI=1S/C26H29BrN2O3S/c1-20-8-11-23(12-9-20)18-29(33(31,32)25-16-14-24(27)15-17-25)19-26(30)28-21(2)10-13-22-6-4-3-5-7-22/h3-9,11-12,14-17,21H,10,13,18-19H2,1-2H3,(H,28,30)/t21-/m1/s1. The van der Waals surface area contributed by atoms with Crippen molar-refractivity contribution in [2.24, 2.45) is 0 Å². The maximum Gasteiger partial charge on any atom is 0.243 e. The Morgan fingerprint density at radius 2 is 1.58 bits per heavy atom. The summed E-state index contributed by atoms with van der Waals surface area (Å²) < 4.78 is 28.8. The Labute approximate surface area is 205 Å². The third kappa shape index (κ3) is 7.52. The summed E-state index contributed by atoms with van der Waals surface area (Å²) in [7, 11) is -3.86. The van der Waals surface area contributed by atoms with Gasteiger partial charge >= 0.3 is 0 Å². The molecule has 1 N–H and O–H groups in total. The maximum absolute atomic E-state index is 13.4. The first-order valence-corrected chi connectivity index (χ1v) is 13.1. The molecular weight excluding hydrogens is 500 g/mol. The molecule has 0 aliphatic carbocycles. The number of nitrogens with one attached hydrogen (secondary N) is 1. The third-order valence-electron chi connectivity index (χ3n) is 5.37. The molecule has 0 aromatic heterocycles. The van der Waals surface area contributed by atoms with Crippen LogP contribution in [0.2, 0.25) is 0 Å². The van der Waals surface area contributed by atoms with Crippen LogP contribution in [-0.4, -0.2) is 31.2 Å². The number of aryl methyl sites for hydroxylation is 2. The Morgan fingerprint density at radius 3 is 2.21 bits per heavy atom. The highest BCUT2D eigenvalue weighted by Gasteiger charge is 2.27. The SMILES string of the molecule is Cc1ccc(CN(CC(=O)N[C@H](C)CCc2ccccc2)S(=O)(=O)c2ccc(Br)cc2)cc1. The number of benzene rings is 3. The molecule has 0 spiro atoms. The summed E-state index contributed by atoms with van der Waals surface area (Å²) in [6, 6.07) is 24.1. The first-order chi connectivity index (χ1) is 15.7. The molecule has 3 aromatic carbocycles. The predicted molar refractivity (Wildman–Crippen MR) is 135 cm³/mol. The summed E-state index contributed by atoms with van der Waals surface area (Å²) in [5.74, 6) is -0.316. The van der Waals surface area contributed by atoms with E-state index in [1.54, 1.807) is 24.3 Å². The van der Waals surface area contributed by atoms with Crippen molar-refractivity contribution in [1.29, 1.82) is 0 Å². The van der Waals surface area contributed by atoms with E-state index in [2.05, 4.69) is 33.4 Å². The smallest absolute Gasteiger partial charge is 0.243 e. The molecule has 0 aliphatic rings. The van der Waals surface area contributed by atoms with Gasteiger partial charge in [0.25, 0.3) is 0 Å². The first kappa shape index (κ1) is 25.1. The third-order valence-corrected chi connectivity index (χ3v) is 7.70. The number of nitrogens with zero attached hydrogens (tertiary/aromatic N) is 1. The van der Waals surface area contributed by atoms with Gasteiger partial charge in [-0.2, -0.15) is 4.31 Å². The number of hydrogen-bond acceptors (Lipinski definition) is 3. The molecule has 1 amide bonds. The van der Waals surface area contributed by atoms with Gasteiger partial charge in [-0.25, -0.2) is 8.42 Å². The Hall–Kier alpha value is -2.48. The Morgan fingerprint density at radius 1 is 0.939 bits per heavy atom. The van der Waals surface area contributed by atoms with Crippen molar-refractivity contribution in [3.8, 4) is 0 Å². The van der Waals surface area contributed by atoms with Crippen molar-refractivity contribution in [2.45, 2.75) is 44.2 Å². The molecule has 0 unspecified atom stereocenters. The molecule has 0 radical (unpaired) electrons. The second kappa shape index (κ2) is 11.6. The van der Waals surface area contributed by atoms with E-state index in [1.807, 2.05) is 56.3 Å². The minimum absolute atomic E-state index is 0.0747. The molecule has 0 heterocycles. The Balaban J connectivity index is 1.72. The predicted octanol–water partition coefficient (Wildman–Crippen LogP) is 5.09. The monoisotopic (exact) mass is 528 g/mol. The van der Waals surface area contributed by atoms with Gasteiger partial charge in [0.2, 0.25) is 15.9 Å². The molecule has 5 nitrogen and oxygen atoms in total. The summed E-state index contributed by atoms with van der Waals surface area (Å²) in [6.45, 7) is 3.78. The molecule has 1 atom stereocenters. The van der Waals surface area contributed by atoms with Gasteiger partial charge in [-0.3, -0.25) is 4.79 Å². The van der Waals surface area contributed by atoms with Gasteiger partial charge in [0.05, 0.1) is 11.4 Å². The van der Waals surface area contributed by atoms with E-state index in [0.29, 0.717) is 0 Å². The molecule has 0 saturated heterocycles. The second-order valence-electron chi connectivity index (χ2n) is 8.21. The highest BCUT2D eigenvalue weighted by Crippen LogP contribution is 2.21. The molecule has 0 saturated carbocycles. The van der Waals surface area contributed by atoms with Crippen LogP contribution in [0.5, 0.6) is 0 Å². The van der Waals surface area contributed by atoms with Gasteiger partial charge in [0.1, 0.15) is 0 Å². The summed E-state index contributed by atoms with van der Waals surface area (Å²) in [5.41, 5.74) is 3.12. The zero-order valence-corrected chi connectivity index (χ0v) is 21.3. The molecule has 0 fully saturated rings. The zero-order valence-electron chi connectivity index (χ0n) is 18.9. The number of carbonyl (C=O) groups excluding carboxylic acids is 1. The largest absolute Gasteiger partial charge is 0.352 e. The highest BCUT2D eigenvalue weighted by atomic mass is 79.9. The summed E-state index contributed by atoms with van der Waals surface area (Å²) in [6.07, 6.45) is 1.61. The fourth-order valence-electron chi connectivity index (χ4n) is 3.46. The number of halogens is 1. The molecule has 33 heavy (non-hydrogen) atoms. The Bertz CT molecular complexity index is 1150. The lowest BCUT2D eigenvalue weighted by Crippen LogP contribution is -2.43. The zero-order chi connectivity index (χ0) is 23.8. The molecule has 0 bridgehead atoms. The van der Waals surface area contributed by atoms with Gasteiger partial charge in [-0.1, -0.05) is 76.1 Å². The van der Waals surface area contributed by atoms with E-state index in [1.165, 1.54) is 9.87 Å². The second-order valence-corrected chi connectivity index (χ2v) is 11.1. The normalized spacial score (nSPS) is 12.5. The van der Waals surface area contributed by atoms with Crippen LogP contribution in [0.15, 0.2) is 88.2 Å². The minimum atomic E-state index is -3.86. The molecule has 174 valence electrons. The van der Waals surface area contributed by atoms with Crippen LogP contribution in [-0.2, 0) is 27.8 Å². The van der Waals surface area contributed by atoms with Crippen LogP contribution >= 0.6 is 15.9 Å². The van der Waals surface area contributed by atoms with E-state index in [4.69, 9.17) is 0 Å². The van der Waals surface area contributed by atoms with Crippen LogP contribution in [0.3, 0.4) is 0 Å². The number of amides is 1.